The Morgan fingerprint density at radius 2 is 2.21 bits per heavy atom. The highest BCUT2D eigenvalue weighted by atomic mass is 19.1. The molecule has 0 saturated carbocycles. The molecule has 1 fully saturated rings. The summed E-state index contributed by atoms with van der Waals surface area (Å²) in [6.45, 7) is 3.91. The van der Waals surface area contributed by atoms with Gasteiger partial charge in [0.25, 0.3) is 5.91 Å². The molecular formula is C20H27FN4O3. The molecule has 1 aromatic heterocycles. The van der Waals surface area contributed by atoms with Crippen LogP contribution in [0.1, 0.15) is 24.1 Å². The van der Waals surface area contributed by atoms with Crippen LogP contribution in [-0.4, -0.2) is 58.0 Å². The molecule has 2 aromatic rings. The number of aryl methyl sites for hydroxylation is 1. The summed E-state index contributed by atoms with van der Waals surface area (Å²) in [7, 11) is 1.51. The molecule has 0 bridgehead atoms. The minimum absolute atomic E-state index is 0.108. The van der Waals surface area contributed by atoms with E-state index in [2.05, 4.69) is 10.4 Å². The number of hydrogen-bond acceptors (Lipinski definition) is 5. The molecule has 1 saturated heterocycles. The summed E-state index contributed by atoms with van der Waals surface area (Å²) in [6, 6.07) is 6.37. The number of carbonyl (C=O) groups excluding carboxylic acids is 1. The zero-order chi connectivity index (χ0) is 20.1. The molecule has 0 unspecified atom stereocenters. The van der Waals surface area contributed by atoms with Gasteiger partial charge in [0.2, 0.25) is 0 Å². The number of halogens is 1. The van der Waals surface area contributed by atoms with Crippen LogP contribution < -0.4 is 10.1 Å². The number of rotatable bonds is 8. The Bertz CT molecular complexity index is 826. The monoisotopic (exact) mass is 390 g/mol. The number of methoxy groups -OCH3 is 1. The fourth-order valence-electron chi connectivity index (χ4n) is 3.46. The van der Waals surface area contributed by atoms with Crippen molar-refractivity contribution in [2.45, 2.75) is 38.5 Å². The first-order valence-electron chi connectivity index (χ1n) is 9.46. The number of likely N-dealkylation sites (tertiary alicyclic amines) is 1. The molecule has 7 nitrogen and oxygen atoms in total. The van der Waals surface area contributed by atoms with Gasteiger partial charge in [0.05, 0.1) is 19.3 Å². The van der Waals surface area contributed by atoms with Crippen molar-refractivity contribution in [2.24, 2.45) is 0 Å². The summed E-state index contributed by atoms with van der Waals surface area (Å²) in [5.41, 5.74) is -0.159. The molecule has 28 heavy (non-hydrogen) atoms. The zero-order valence-corrected chi connectivity index (χ0v) is 16.3. The quantitative estimate of drug-likeness (QED) is 0.668. The number of amides is 1. The van der Waals surface area contributed by atoms with Crippen molar-refractivity contribution in [1.82, 2.24) is 20.0 Å². The molecule has 3 rings (SSSR count). The van der Waals surface area contributed by atoms with Crippen LogP contribution in [0.2, 0.25) is 0 Å². The molecule has 8 heteroatoms. The minimum Gasteiger partial charge on any atom is -0.497 e. The summed E-state index contributed by atoms with van der Waals surface area (Å²) in [5, 5.41) is 18.3. The first-order chi connectivity index (χ1) is 13.4. The van der Waals surface area contributed by atoms with Crippen molar-refractivity contribution in [3.05, 3.63) is 47.5 Å². The van der Waals surface area contributed by atoms with E-state index in [0.29, 0.717) is 43.8 Å². The Balaban J connectivity index is 1.57. The third-order valence-electron chi connectivity index (χ3n) is 5.03. The van der Waals surface area contributed by atoms with E-state index in [1.165, 1.54) is 24.1 Å². The van der Waals surface area contributed by atoms with Gasteiger partial charge in [-0.25, -0.2) is 4.39 Å². The third-order valence-corrected chi connectivity index (χ3v) is 5.03. The van der Waals surface area contributed by atoms with E-state index >= 15 is 0 Å². The number of hydrogen-bond donors (Lipinski definition) is 2. The van der Waals surface area contributed by atoms with E-state index < -0.39 is 11.4 Å². The van der Waals surface area contributed by atoms with Crippen molar-refractivity contribution in [2.75, 3.05) is 26.7 Å². The maximum atomic E-state index is 14.1. The van der Waals surface area contributed by atoms with Crippen LogP contribution in [0.3, 0.4) is 0 Å². The highest BCUT2D eigenvalue weighted by Gasteiger charge is 2.41. The van der Waals surface area contributed by atoms with Gasteiger partial charge in [-0.2, -0.15) is 5.10 Å². The molecule has 1 aliphatic rings. The minimum atomic E-state index is -1.48. The molecule has 1 aromatic carbocycles. The lowest BCUT2D eigenvalue weighted by atomic mass is 9.91. The molecule has 2 heterocycles. The maximum Gasteiger partial charge on any atom is 0.256 e. The first-order valence-corrected chi connectivity index (χ1v) is 9.46. The third kappa shape index (κ3) is 4.69. The predicted octanol–water partition coefficient (Wildman–Crippen LogP) is 1.48. The summed E-state index contributed by atoms with van der Waals surface area (Å²) in [4.78, 5) is 14.4. The summed E-state index contributed by atoms with van der Waals surface area (Å²) >= 11 is 0. The lowest BCUT2D eigenvalue weighted by Crippen LogP contribution is -2.57. The van der Waals surface area contributed by atoms with Crippen molar-refractivity contribution >= 4 is 5.91 Å². The largest absolute Gasteiger partial charge is 0.497 e. The van der Waals surface area contributed by atoms with Crippen molar-refractivity contribution < 1.29 is 19.0 Å². The van der Waals surface area contributed by atoms with Gasteiger partial charge in [0.15, 0.2) is 5.60 Å². The Morgan fingerprint density at radius 1 is 1.39 bits per heavy atom. The number of aliphatic hydroxyl groups is 1. The smallest absolute Gasteiger partial charge is 0.256 e. The van der Waals surface area contributed by atoms with Gasteiger partial charge in [-0.15, -0.1) is 0 Å². The van der Waals surface area contributed by atoms with Crippen LogP contribution in [0.4, 0.5) is 4.39 Å². The van der Waals surface area contributed by atoms with E-state index in [1.54, 1.807) is 6.07 Å². The van der Waals surface area contributed by atoms with E-state index in [0.717, 1.165) is 5.69 Å². The molecule has 0 radical (unpaired) electrons. The second kappa shape index (κ2) is 8.70. The van der Waals surface area contributed by atoms with Crippen molar-refractivity contribution in [3.63, 3.8) is 0 Å². The van der Waals surface area contributed by atoms with Crippen molar-refractivity contribution in [1.29, 1.82) is 0 Å². The van der Waals surface area contributed by atoms with Gasteiger partial charge in [0, 0.05) is 37.9 Å². The average molecular weight is 390 g/mol. The highest BCUT2D eigenvalue weighted by Crippen LogP contribution is 2.25. The molecular weight excluding hydrogens is 363 g/mol. The van der Waals surface area contributed by atoms with Gasteiger partial charge in [-0.3, -0.25) is 9.48 Å². The molecule has 152 valence electrons. The molecule has 2 N–H and O–H groups in total. The second-order valence-corrected chi connectivity index (χ2v) is 7.22. The van der Waals surface area contributed by atoms with E-state index in [1.807, 2.05) is 23.9 Å². The topological polar surface area (TPSA) is 79.6 Å². The van der Waals surface area contributed by atoms with E-state index in [4.69, 9.17) is 4.74 Å². The standard InChI is InChI=1S/C20H27FN4O3/c1-15-6-10-25(23-15)11-8-22-14-20(27)7-3-9-24(19(20)26)13-16-12-17(28-2)4-5-18(16)21/h4-6,10,12,22,27H,3,7-9,11,13-14H2,1-2H3/t20-/m1/s1. The van der Waals surface area contributed by atoms with Gasteiger partial charge < -0.3 is 20.1 Å². The number of benzene rings is 1. The normalized spacial score (nSPS) is 19.9. The summed E-state index contributed by atoms with van der Waals surface area (Å²) in [6.07, 6.45) is 2.94. The summed E-state index contributed by atoms with van der Waals surface area (Å²) < 4.78 is 21.1. The lowest BCUT2D eigenvalue weighted by Gasteiger charge is -2.38. The van der Waals surface area contributed by atoms with Crippen LogP contribution in [0.5, 0.6) is 5.75 Å². The van der Waals surface area contributed by atoms with Crippen LogP contribution in [0.25, 0.3) is 0 Å². The fourth-order valence-corrected chi connectivity index (χ4v) is 3.46. The summed E-state index contributed by atoms with van der Waals surface area (Å²) in [5.74, 6) is -0.231. The highest BCUT2D eigenvalue weighted by molar-refractivity contribution is 5.86. The lowest BCUT2D eigenvalue weighted by molar-refractivity contribution is -0.157. The number of piperidine rings is 1. The van der Waals surface area contributed by atoms with E-state index in [9.17, 15) is 14.3 Å². The van der Waals surface area contributed by atoms with Crippen molar-refractivity contribution in [3.8, 4) is 5.75 Å². The van der Waals surface area contributed by atoms with Gasteiger partial charge >= 0.3 is 0 Å². The van der Waals surface area contributed by atoms with Gasteiger partial charge in [-0.05, 0) is 44.0 Å². The Hall–Kier alpha value is -2.45. The number of ether oxygens (including phenoxy) is 1. The molecule has 1 amide bonds. The number of aromatic nitrogens is 2. The van der Waals surface area contributed by atoms with Gasteiger partial charge in [0.1, 0.15) is 11.6 Å². The first kappa shape index (κ1) is 20.3. The molecule has 0 aliphatic carbocycles. The Kier molecular flexibility index (Phi) is 6.31. The predicted molar refractivity (Wildman–Crippen MR) is 102 cm³/mol. The molecule has 1 aliphatic heterocycles. The van der Waals surface area contributed by atoms with Crippen LogP contribution in [0, 0.1) is 12.7 Å². The number of nitrogens with one attached hydrogen (secondary N) is 1. The van der Waals surface area contributed by atoms with Crippen LogP contribution in [-0.2, 0) is 17.9 Å². The van der Waals surface area contributed by atoms with E-state index in [-0.39, 0.29) is 19.0 Å². The number of nitrogens with zero attached hydrogens (tertiary/aromatic N) is 3. The second-order valence-electron chi connectivity index (χ2n) is 7.22. The number of carbonyl (C=O) groups is 1. The molecule has 1 atom stereocenters. The van der Waals surface area contributed by atoms with Crippen LogP contribution >= 0.6 is 0 Å². The molecule has 0 spiro atoms. The SMILES string of the molecule is COc1ccc(F)c(CN2CCC[C@@](O)(CNCCn3ccc(C)n3)C2=O)c1. The van der Waals surface area contributed by atoms with Gasteiger partial charge in [-0.1, -0.05) is 0 Å². The Morgan fingerprint density at radius 3 is 2.93 bits per heavy atom. The maximum absolute atomic E-state index is 14.1. The average Bonchev–Trinajstić information content (AvgIpc) is 3.10. The van der Waals surface area contributed by atoms with Crippen LogP contribution in [0.15, 0.2) is 30.5 Å². The zero-order valence-electron chi connectivity index (χ0n) is 16.3. The Labute approximate surface area is 164 Å². The fraction of sp³-hybridized carbons (Fsp3) is 0.500.